The van der Waals surface area contributed by atoms with E-state index in [0.29, 0.717) is 5.88 Å². The van der Waals surface area contributed by atoms with Crippen LogP contribution in [0.3, 0.4) is 0 Å². The highest BCUT2D eigenvalue weighted by atomic mass is 16.5. The van der Waals surface area contributed by atoms with Gasteiger partial charge in [0, 0.05) is 12.7 Å². The maximum atomic E-state index is 5.56. The number of hydrogen-bond acceptors (Lipinski definition) is 4. The van der Waals surface area contributed by atoms with Crippen molar-refractivity contribution in [3.8, 4) is 11.6 Å². The van der Waals surface area contributed by atoms with Crippen LogP contribution in [0.2, 0.25) is 0 Å². The minimum atomic E-state index is 0.607. The molecule has 0 unspecified atom stereocenters. The first kappa shape index (κ1) is 14.2. The van der Waals surface area contributed by atoms with Gasteiger partial charge < -0.3 is 14.8 Å². The summed E-state index contributed by atoms with van der Waals surface area (Å²) in [5.41, 5.74) is 2.07. The molecule has 106 valence electrons. The molecule has 1 aromatic heterocycles. The number of methoxy groups -OCH3 is 1. The van der Waals surface area contributed by atoms with Crippen molar-refractivity contribution >= 4 is 5.69 Å². The average molecular weight is 272 g/mol. The molecular weight excluding hydrogens is 252 g/mol. The Hall–Kier alpha value is -2.23. The number of hydrogen-bond donors (Lipinski definition) is 1. The second-order valence-corrected chi connectivity index (χ2v) is 4.41. The number of aromatic nitrogens is 1. The van der Waals surface area contributed by atoms with E-state index in [0.717, 1.165) is 31.0 Å². The fourth-order valence-corrected chi connectivity index (χ4v) is 1.81. The van der Waals surface area contributed by atoms with Gasteiger partial charge in [-0.25, -0.2) is 4.98 Å². The number of ether oxygens (including phenoxy) is 2. The summed E-state index contributed by atoms with van der Waals surface area (Å²) in [6.45, 7) is 3.57. The molecule has 20 heavy (non-hydrogen) atoms. The van der Waals surface area contributed by atoms with Gasteiger partial charge >= 0.3 is 0 Å². The normalized spacial score (nSPS) is 10.1. The molecule has 0 atom stereocenters. The zero-order valence-electron chi connectivity index (χ0n) is 11.9. The Morgan fingerprint density at radius 2 is 1.95 bits per heavy atom. The van der Waals surface area contributed by atoms with Crippen molar-refractivity contribution in [2.75, 3.05) is 19.0 Å². The predicted octanol–water partition coefficient (Wildman–Crippen LogP) is 3.49. The largest absolute Gasteiger partial charge is 0.494 e. The van der Waals surface area contributed by atoms with E-state index < -0.39 is 0 Å². The monoisotopic (exact) mass is 272 g/mol. The highest BCUT2D eigenvalue weighted by Crippen LogP contribution is 2.21. The molecule has 1 heterocycles. The van der Waals surface area contributed by atoms with E-state index in [2.05, 4.69) is 29.4 Å². The molecule has 0 aliphatic heterocycles. The van der Waals surface area contributed by atoms with Gasteiger partial charge in [-0.3, -0.25) is 0 Å². The zero-order valence-corrected chi connectivity index (χ0v) is 11.9. The SMILES string of the molecule is CCCOc1ccc(CNc2cccnc2OC)cc1. The maximum Gasteiger partial charge on any atom is 0.237 e. The summed E-state index contributed by atoms with van der Waals surface area (Å²) in [6, 6.07) is 11.9. The van der Waals surface area contributed by atoms with E-state index in [-0.39, 0.29) is 0 Å². The highest BCUT2D eigenvalue weighted by Gasteiger charge is 2.02. The zero-order chi connectivity index (χ0) is 14.2. The van der Waals surface area contributed by atoms with E-state index in [4.69, 9.17) is 9.47 Å². The fraction of sp³-hybridized carbons (Fsp3) is 0.312. The van der Waals surface area contributed by atoms with E-state index in [1.165, 1.54) is 5.56 Å². The molecule has 0 saturated carbocycles. The second kappa shape index (κ2) is 7.38. The van der Waals surface area contributed by atoms with Gasteiger partial charge in [-0.2, -0.15) is 0 Å². The van der Waals surface area contributed by atoms with Crippen molar-refractivity contribution < 1.29 is 9.47 Å². The summed E-state index contributed by atoms with van der Waals surface area (Å²) in [5.74, 6) is 1.52. The van der Waals surface area contributed by atoms with Crippen LogP contribution >= 0.6 is 0 Å². The summed E-state index contributed by atoms with van der Waals surface area (Å²) >= 11 is 0. The number of nitrogens with zero attached hydrogens (tertiary/aromatic N) is 1. The van der Waals surface area contributed by atoms with Crippen molar-refractivity contribution in [1.82, 2.24) is 4.98 Å². The van der Waals surface area contributed by atoms with Gasteiger partial charge in [0.05, 0.1) is 19.4 Å². The van der Waals surface area contributed by atoms with Crippen LogP contribution in [0.4, 0.5) is 5.69 Å². The molecule has 0 spiro atoms. The van der Waals surface area contributed by atoms with Gasteiger partial charge in [0.2, 0.25) is 5.88 Å². The molecule has 0 radical (unpaired) electrons. The summed E-state index contributed by atoms with van der Waals surface area (Å²) in [4.78, 5) is 4.15. The molecule has 0 aliphatic rings. The van der Waals surface area contributed by atoms with Crippen molar-refractivity contribution in [3.05, 3.63) is 48.2 Å². The van der Waals surface area contributed by atoms with Gasteiger partial charge in [-0.15, -0.1) is 0 Å². The molecule has 2 rings (SSSR count). The first-order valence-corrected chi connectivity index (χ1v) is 6.78. The van der Waals surface area contributed by atoms with Crippen LogP contribution in [-0.2, 0) is 6.54 Å². The van der Waals surface area contributed by atoms with Gasteiger partial charge in [0.25, 0.3) is 0 Å². The third kappa shape index (κ3) is 3.88. The maximum absolute atomic E-state index is 5.56. The summed E-state index contributed by atoms with van der Waals surface area (Å²) in [6.07, 6.45) is 2.73. The minimum absolute atomic E-state index is 0.607. The summed E-state index contributed by atoms with van der Waals surface area (Å²) in [5, 5.41) is 3.31. The molecule has 0 amide bonds. The predicted molar refractivity (Wildman–Crippen MR) is 80.3 cm³/mol. The Bertz CT molecular complexity index is 526. The Balaban J connectivity index is 1.93. The van der Waals surface area contributed by atoms with Crippen molar-refractivity contribution in [1.29, 1.82) is 0 Å². The quantitative estimate of drug-likeness (QED) is 0.838. The number of anilines is 1. The molecule has 0 saturated heterocycles. The first-order chi connectivity index (χ1) is 9.83. The van der Waals surface area contributed by atoms with Gasteiger partial charge in [0.1, 0.15) is 5.75 Å². The third-order valence-electron chi connectivity index (χ3n) is 2.84. The molecule has 0 fully saturated rings. The van der Waals surface area contributed by atoms with Crippen LogP contribution < -0.4 is 14.8 Å². The van der Waals surface area contributed by atoms with Crippen molar-refractivity contribution in [2.45, 2.75) is 19.9 Å². The lowest BCUT2D eigenvalue weighted by Gasteiger charge is -2.10. The Labute approximate surface area is 119 Å². The first-order valence-electron chi connectivity index (χ1n) is 6.78. The smallest absolute Gasteiger partial charge is 0.237 e. The average Bonchev–Trinajstić information content (AvgIpc) is 2.52. The fourth-order valence-electron chi connectivity index (χ4n) is 1.81. The van der Waals surface area contributed by atoms with Gasteiger partial charge in [-0.05, 0) is 36.2 Å². The van der Waals surface area contributed by atoms with Crippen LogP contribution in [0.5, 0.6) is 11.6 Å². The summed E-state index contributed by atoms with van der Waals surface area (Å²) < 4.78 is 10.8. The van der Waals surface area contributed by atoms with E-state index in [9.17, 15) is 0 Å². The van der Waals surface area contributed by atoms with Gasteiger partial charge in [0.15, 0.2) is 0 Å². The number of pyridine rings is 1. The molecule has 1 aromatic carbocycles. The van der Waals surface area contributed by atoms with Crippen molar-refractivity contribution in [3.63, 3.8) is 0 Å². The molecule has 1 N–H and O–H groups in total. The topological polar surface area (TPSA) is 43.4 Å². The number of benzene rings is 1. The van der Waals surface area contributed by atoms with Crippen molar-refractivity contribution in [2.24, 2.45) is 0 Å². The number of nitrogens with one attached hydrogen (secondary N) is 1. The third-order valence-corrected chi connectivity index (χ3v) is 2.84. The van der Waals surface area contributed by atoms with Crippen LogP contribution in [0.15, 0.2) is 42.6 Å². The molecule has 4 heteroatoms. The van der Waals surface area contributed by atoms with Crippen LogP contribution in [-0.4, -0.2) is 18.7 Å². The van der Waals surface area contributed by atoms with Crippen LogP contribution in [0.1, 0.15) is 18.9 Å². The van der Waals surface area contributed by atoms with Crippen LogP contribution in [0, 0.1) is 0 Å². The second-order valence-electron chi connectivity index (χ2n) is 4.41. The molecular formula is C16H20N2O2. The van der Waals surface area contributed by atoms with Gasteiger partial charge in [-0.1, -0.05) is 19.1 Å². The van der Waals surface area contributed by atoms with E-state index >= 15 is 0 Å². The Morgan fingerprint density at radius 1 is 1.15 bits per heavy atom. The highest BCUT2D eigenvalue weighted by molar-refractivity contribution is 5.52. The molecule has 0 bridgehead atoms. The molecule has 2 aromatic rings. The number of rotatable bonds is 7. The molecule has 4 nitrogen and oxygen atoms in total. The standard InChI is InChI=1S/C16H20N2O2/c1-3-11-20-14-8-6-13(7-9-14)12-18-15-5-4-10-17-16(15)19-2/h4-10,18H,3,11-12H2,1-2H3. The van der Waals surface area contributed by atoms with Crippen LogP contribution in [0.25, 0.3) is 0 Å². The summed E-state index contributed by atoms with van der Waals surface area (Å²) in [7, 11) is 1.62. The lowest BCUT2D eigenvalue weighted by molar-refractivity contribution is 0.317. The van der Waals surface area contributed by atoms with E-state index in [1.807, 2.05) is 24.3 Å². The van der Waals surface area contributed by atoms with E-state index in [1.54, 1.807) is 13.3 Å². The Kier molecular flexibility index (Phi) is 5.24. The molecule has 0 aliphatic carbocycles. The minimum Gasteiger partial charge on any atom is -0.494 e. The Morgan fingerprint density at radius 3 is 2.65 bits per heavy atom. The lowest BCUT2D eigenvalue weighted by Crippen LogP contribution is -2.02. The lowest BCUT2D eigenvalue weighted by atomic mass is 10.2.